The van der Waals surface area contributed by atoms with Crippen LogP contribution in [0, 0.1) is 5.82 Å². The number of nitrogens with zero attached hydrogens (tertiary/aromatic N) is 2. The maximum atomic E-state index is 13.4. The lowest BCUT2D eigenvalue weighted by atomic mass is 10.1. The van der Waals surface area contributed by atoms with Gasteiger partial charge in [0.2, 0.25) is 0 Å². The third kappa shape index (κ3) is 5.60. The van der Waals surface area contributed by atoms with Gasteiger partial charge < -0.3 is 9.47 Å². The van der Waals surface area contributed by atoms with E-state index in [2.05, 4.69) is 4.99 Å². The number of hydrogen-bond donors (Lipinski definition) is 0. The van der Waals surface area contributed by atoms with Crippen molar-refractivity contribution in [2.45, 2.75) is 27.4 Å². The van der Waals surface area contributed by atoms with Gasteiger partial charge in [0.1, 0.15) is 12.4 Å². The number of carbonyl (C=O) groups is 1. The van der Waals surface area contributed by atoms with Gasteiger partial charge in [-0.1, -0.05) is 23.7 Å². The molecule has 31 heavy (non-hydrogen) atoms. The van der Waals surface area contributed by atoms with Crippen LogP contribution in [0.4, 0.5) is 4.39 Å². The topological polar surface area (TPSA) is 51.1 Å². The number of likely N-dealkylation sites (N-methyl/N-ethyl adjacent to an activating group) is 1. The van der Waals surface area contributed by atoms with Crippen LogP contribution in [0.3, 0.4) is 0 Å². The summed E-state index contributed by atoms with van der Waals surface area (Å²) in [5.74, 6) is 0.428. The second-order valence-electron chi connectivity index (χ2n) is 6.60. The van der Waals surface area contributed by atoms with Crippen LogP contribution in [-0.4, -0.2) is 35.7 Å². The first-order valence-electron chi connectivity index (χ1n) is 10.1. The first-order valence-corrected chi connectivity index (χ1v) is 11.3. The van der Waals surface area contributed by atoms with Gasteiger partial charge >= 0.3 is 0 Å². The zero-order valence-corrected chi connectivity index (χ0v) is 19.2. The number of ether oxygens (including phenoxy) is 2. The lowest BCUT2D eigenvalue weighted by Gasteiger charge is -2.15. The highest BCUT2D eigenvalue weighted by molar-refractivity contribution is 8.18. The van der Waals surface area contributed by atoms with Gasteiger partial charge in [-0.25, -0.2) is 4.39 Å². The Morgan fingerprint density at radius 1 is 1.19 bits per heavy atom. The van der Waals surface area contributed by atoms with Gasteiger partial charge in [0.05, 0.1) is 16.5 Å². The molecule has 1 aliphatic heterocycles. The van der Waals surface area contributed by atoms with Crippen LogP contribution >= 0.6 is 23.4 Å². The molecule has 0 aromatic heterocycles. The lowest BCUT2D eigenvalue weighted by Crippen LogP contribution is -2.28. The maximum absolute atomic E-state index is 13.4. The number of thioether (sulfide) groups is 1. The van der Waals surface area contributed by atoms with Gasteiger partial charge in [0.25, 0.3) is 5.91 Å². The molecule has 0 radical (unpaired) electrons. The minimum absolute atomic E-state index is 0.0831. The van der Waals surface area contributed by atoms with Crippen molar-refractivity contribution in [2.24, 2.45) is 4.99 Å². The maximum Gasteiger partial charge on any atom is 0.266 e. The van der Waals surface area contributed by atoms with Gasteiger partial charge in [-0.15, -0.1) is 0 Å². The van der Waals surface area contributed by atoms with E-state index in [1.54, 1.807) is 35.2 Å². The van der Waals surface area contributed by atoms with E-state index in [-0.39, 0.29) is 18.3 Å². The van der Waals surface area contributed by atoms with E-state index in [0.717, 1.165) is 5.56 Å². The molecular weight excluding hydrogens is 439 g/mol. The Balaban J connectivity index is 1.88. The second kappa shape index (κ2) is 10.7. The van der Waals surface area contributed by atoms with Gasteiger partial charge in [0.15, 0.2) is 16.7 Å². The summed E-state index contributed by atoms with van der Waals surface area (Å²) in [6, 6.07) is 9.68. The molecule has 164 valence electrons. The molecule has 0 bridgehead atoms. The van der Waals surface area contributed by atoms with Gasteiger partial charge in [-0.3, -0.25) is 14.7 Å². The fourth-order valence-corrected chi connectivity index (χ4v) is 4.43. The van der Waals surface area contributed by atoms with Crippen molar-refractivity contribution >= 4 is 40.5 Å². The summed E-state index contributed by atoms with van der Waals surface area (Å²) >= 11 is 7.84. The van der Waals surface area contributed by atoms with E-state index in [4.69, 9.17) is 21.1 Å². The monoisotopic (exact) mass is 462 g/mol. The number of amides is 1. The van der Waals surface area contributed by atoms with Crippen LogP contribution < -0.4 is 9.47 Å². The second-order valence-corrected chi connectivity index (χ2v) is 8.01. The van der Waals surface area contributed by atoms with E-state index in [1.165, 1.54) is 23.9 Å². The van der Waals surface area contributed by atoms with E-state index >= 15 is 0 Å². The van der Waals surface area contributed by atoms with Crippen molar-refractivity contribution < 1.29 is 18.7 Å². The van der Waals surface area contributed by atoms with Gasteiger partial charge in [0, 0.05) is 13.1 Å². The zero-order valence-electron chi connectivity index (χ0n) is 17.7. The Morgan fingerprint density at radius 3 is 2.68 bits per heavy atom. The Kier molecular flexibility index (Phi) is 7.98. The third-order valence-electron chi connectivity index (χ3n) is 4.40. The molecule has 1 aliphatic rings. The first kappa shape index (κ1) is 23.2. The van der Waals surface area contributed by atoms with Crippen LogP contribution in [0.1, 0.15) is 31.9 Å². The van der Waals surface area contributed by atoms with Crippen LogP contribution in [0.2, 0.25) is 5.02 Å². The summed E-state index contributed by atoms with van der Waals surface area (Å²) in [5, 5.41) is 1.05. The highest BCUT2D eigenvalue weighted by atomic mass is 35.5. The van der Waals surface area contributed by atoms with E-state index in [9.17, 15) is 9.18 Å². The number of aliphatic imine (C=N–C) groups is 1. The Hall–Kier alpha value is -2.51. The lowest BCUT2D eigenvalue weighted by molar-refractivity contribution is -0.122. The van der Waals surface area contributed by atoms with Crippen molar-refractivity contribution in [2.75, 3.05) is 19.7 Å². The highest BCUT2D eigenvalue weighted by Crippen LogP contribution is 2.39. The fraction of sp³-hybridized carbons (Fsp3) is 0.304. The highest BCUT2D eigenvalue weighted by Gasteiger charge is 2.32. The smallest absolute Gasteiger partial charge is 0.266 e. The number of rotatable bonds is 8. The van der Waals surface area contributed by atoms with Crippen LogP contribution in [-0.2, 0) is 11.4 Å². The molecule has 1 saturated heterocycles. The molecular formula is C23H24ClFN2O3S. The molecule has 2 aromatic rings. The molecule has 1 amide bonds. The average molecular weight is 463 g/mol. The molecule has 0 spiro atoms. The molecule has 0 aliphatic carbocycles. The Bertz CT molecular complexity index is 1030. The third-order valence-corrected chi connectivity index (χ3v) is 5.72. The van der Waals surface area contributed by atoms with Crippen LogP contribution in [0.5, 0.6) is 11.5 Å². The molecule has 0 saturated carbocycles. The summed E-state index contributed by atoms with van der Waals surface area (Å²) in [7, 11) is 0. The SMILES string of the molecule is CCN=C1S/C(=C/c2cc(Cl)c(OCc3cccc(F)c3)c(OCC)c2)C(=O)N1CC. The predicted molar refractivity (Wildman–Crippen MR) is 124 cm³/mol. The Morgan fingerprint density at radius 2 is 2.00 bits per heavy atom. The van der Waals surface area contributed by atoms with E-state index in [0.29, 0.717) is 51.9 Å². The molecule has 1 heterocycles. The van der Waals surface area contributed by atoms with Crippen molar-refractivity contribution in [1.82, 2.24) is 4.90 Å². The molecule has 2 aromatic carbocycles. The molecule has 0 unspecified atom stereocenters. The summed E-state index contributed by atoms with van der Waals surface area (Å²) in [6.45, 7) is 7.44. The zero-order chi connectivity index (χ0) is 22.4. The summed E-state index contributed by atoms with van der Waals surface area (Å²) in [6.07, 6.45) is 1.78. The van der Waals surface area contributed by atoms with Crippen molar-refractivity contribution in [3.8, 4) is 11.5 Å². The molecule has 1 fully saturated rings. The molecule has 8 heteroatoms. The number of hydrogen-bond acceptors (Lipinski definition) is 5. The molecule has 0 atom stereocenters. The Labute approximate surface area is 190 Å². The van der Waals surface area contributed by atoms with Gasteiger partial charge in [-0.05, 0) is 74.0 Å². The molecule has 0 N–H and O–H groups in total. The molecule has 3 rings (SSSR count). The normalized spacial score (nSPS) is 16.4. The van der Waals surface area contributed by atoms with Crippen molar-refractivity contribution in [3.63, 3.8) is 0 Å². The number of benzene rings is 2. The van der Waals surface area contributed by atoms with Crippen molar-refractivity contribution in [1.29, 1.82) is 0 Å². The van der Waals surface area contributed by atoms with Gasteiger partial charge in [-0.2, -0.15) is 0 Å². The predicted octanol–water partition coefficient (Wildman–Crippen LogP) is 5.77. The average Bonchev–Trinajstić information content (AvgIpc) is 3.02. The van der Waals surface area contributed by atoms with Crippen molar-refractivity contribution in [3.05, 3.63) is 63.3 Å². The fourth-order valence-electron chi connectivity index (χ4n) is 3.05. The summed E-state index contributed by atoms with van der Waals surface area (Å²) in [5.41, 5.74) is 1.40. The number of carbonyl (C=O) groups excluding carboxylic acids is 1. The molecule has 5 nitrogen and oxygen atoms in total. The summed E-state index contributed by atoms with van der Waals surface area (Å²) in [4.78, 5) is 19.3. The largest absolute Gasteiger partial charge is 0.490 e. The van der Waals surface area contributed by atoms with E-state index < -0.39 is 0 Å². The summed E-state index contributed by atoms with van der Waals surface area (Å²) < 4.78 is 25.0. The number of amidine groups is 1. The first-order chi connectivity index (χ1) is 15.0. The van der Waals surface area contributed by atoms with E-state index in [1.807, 2.05) is 20.8 Å². The van der Waals surface area contributed by atoms with Crippen LogP contribution in [0.15, 0.2) is 46.3 Å². The minimum Gasteiger partial charge on any atom is -0.490 e. The standard InChI is InChI=1S/C23H24ClFN2O3S/c1-4-26-23-27(5-2)22(28)20(31-23)13-16-11-18(24)21(19(12-16)29-6-3)30-14-15-8-7-9-17(25)10-15/h7-13H,4-6,14H2,1-3H3/b20-13+,26-23?. The quantitative estimate of drug-likeness (QED) is 0.467. The number of halogens is 2. The van der Waals surface area contributed by atoms with Crippen LogP contribution in [0.25, 0.3) is 6.08 Å². The minimum atomic E-state index is -0.329.